The second kappa shape index (κ2) is 7.62. The molecule has 0 aliphatic heterocycles. The van der Waals surface area contributed by atoms with Crippen molar-refractivity contribution in [3.05, 3.63) is 0 Å². The van der Waals surface area contributed by atoms with E-state index in [1.807, 2.05) is 0 Å². The quantitative estimate of drug-likeness (QED) is 0.443. The first kappa shape index (κ1) is 8.62. The van der Waals surface area contributed by atoms with E-state index in [0.717, 1.165) is 10.8 Å². The van der Waals surface area contributed by atoms with Gasteiger partial charge >= 0.3 is 0 Å². The minimum absolute atomic E-state index is 0.179. The molecule has 2 N–H and O–H groups in total. The molecule has 0 amide bonds. The van der Waals surface area contributed by atoms with E-state index in [9.17, 15) is 0 Å². The van der Waals surface area contributed by atoms with E-state index >= 15 is 0 Å². The summed E-state index contributed by atoms with van der Waals surface area (Å²) in [7, 11) is 0. The van der Waals surface area contributed by atoms with Crippen molar-refractivity contribution in [2.75, 3.05) is 23.4 Å². The number of aliphatic hydroxyl groups excluding tert-OH is 2. The molecule has 0 rings (SSSR count). The van der Waals surface area contributed by atoms with Gasteiger partial charge in [0.15, 0.2) is 0 Å². The number of hydrogen-bond acceptors (Lipinski definition) is 4. The van der Waals surface area contributed by atoms with Crippen molar-refractivity contribution < 1.29 is 10.2 Å². The smallest absolute Gasteiger partial charge is 0.0894 e. The molecule has 0 aromatic heterocycles. The molecular formula is C4H10O2S2. The van der Waals surface area contributed by atoms with E-state index in [1.54, 1.807) is 11.8 Å². The molecule has 0 heterocycles. The number of aliphatic hydroxyl groups is 2. The Morgan fingerprint density at radius 1 is 1.12 bits per heavy atom. The zero-order valence-corrected chi connectivity index (χ0v) is 6.17. The Bertz CT molecular complexity index is 37.0. The van der Waals surface area contributed by atoms with Gasteiger partial charge in [-0.1, -0.05) is 0 Å². The molecule has 4 heteroatoms. The lowest BCUT2D eigenvalue weighted by molar-refractivity contribution is 0.322. The number of thioether (sulfide) groups is 2. The SMILES string of the molecule is OCCSCSCO. The topological polar surface area (TPSA) is 40.5 Å². The van der Waals surface area contributed by atoms with Crippen LogP contribution in [0.4, 0.5) is 0 Å². The molecule has 0 saturated carbocycles. The van der Waals surface area contributed by atoms with Crippen molar-refractivity contribution in [2.45, 2.75) is 0 Å². The van der Waals surface area contributed by atoms with Crippen LogP contribution in [0.1, 0.15) is 0 Å². The maximum Gasteiger partial charge on any atom is 0.0894 e. The molecule has 0 aliphatic rings. The summed E-state index contributed by atoms with van der Waals surface area (Å²) < 4.78 is 0. The van der Waals surface area contributed by atoms with Crippen LogP contribution in [-0.2, 0) is 0 Å². The average Bonchev–Trinajstić information content (AvgIpc) is 1.81. The third-order valence-electron chi connectivity index (χ3n) is 0.494. The highest BCUT2D eigenvalue weighted by Gasteiger charge is 1.84. The van der Waals surface area contributed by atoms with Crippen LogP contribution in [0.5, 0.6) is 0 Å². The molecule has 0 radical (unpaired) electrons. The molecule has 2 nitrogen and oxygen atoms in total. The molecule has 0 aromatic rings. The molecule has 0 atom stereocenters. The second-order valence-electron chi connectivity index (χ2n) is 1.08. The maximum atomic E-state index is 8.27. The molecule has 0 saturated heterocycles. The van der Waals surface area contributed by atoms with Gasteiger partial charge in [-0.2, -0.15) is 0 Å². The minimum Gasteiger partial charge on any atom is -0.396 e. The van der Waals surface area contributed by atoms with Gasteiger partial charge in [0.05, 0.1) is 12.5 Å². The van der Waals surface area contributed by atoms with Gasteiger partial charge in [0.1, 0.15) is 0 Å². The second-order valence-corrected chi connectivity index (χ2v) is 3.51. The van der Waals surface area contributed by atoms with Crippen LogP contribution in [-0.4, -0.2) is 33.6 Å². The van der Waals surface area contributed by atoms with Gasteiger partial charge < -0.3 is 10.2 Å². The first-order valence-corrected chi connectivity index (χ1v) is 4.60. The zero-order valence-electron chi connectivity index (χ0n) is 4.54. The van der Waals surface area contributed by atoms with Crippen LogP contribution < -0.4 is 0 Å². The Balaban J connectivity index is 2.53. The van der Waals surface area contributed by atoms with Crippen LogP contribution in [0.15, 0.2) is 0 Å². The fraction of sp³-hybridized carbons (Fsp3) is 1.00. The summed E-state index contributed by atoms with van der Waals surface area (Å²) in [6.45, 7) is 0.233. The average molecular weight is 154 g/mol. The van der Waals surface area contributed by atoms with Crippen molar-refractivity contribution in [3.8, 4) is 0 Å². The van der Waals surface area contributed by atoms with Crippen LogP contribution in [0.25, 0.3) is 0 Å². The summed E-state index contributed by atoms with van der Waals surface area (Å²) in [6, 6.07) is 0. The predicted molar refractivity (Wildman–Crippen MR) is 39.1 cm³/mol. The standard InChI is InChI=1S/C4H10O2S2/c5-1-2-7-4-8-3-6/h5-6H,1-4H2. The Morgan fingerprint density at radius 3 is 2.38 bits per heavy atom. The third-order valence-corrected chi connectivity index (χ3v) is 2.48. The van der Waals surface area contributed by atoms with Crippen LogP contribution in [0.3, 0.4) is 0 Å². The highest BCUT2D eigenvalue weighted by atomic mass is 32.2. The Kier molecular flexibility index (Phi) is 8.21. The molecule has 50 valence electrons. The molecule has 0 bridgehead atoms. The van der Waals surface area contributed by atoms with Gasteiger partial charge in [-0.05, 0) is 0 Å². The molecule has 0 aromatic carbocycles. The van der Waals surface area contributed by atoms with Gasteiger partial charge in [-0.15, -0.1) is 23.5 Å². The number of rotatable bonds is 5. The monoisotopic (exact) mass is 154 g/mol. The highest BCUT2D eigenvalue weighted by Crippen LogP contribution is 2.08. The van der Waals surface area contributed by atoms with Gasteiger partial charge in [0, 0.05) is 10.8 Å². The number of hydrogen-bond donors (Lipinski definition) is 2. The third kappa shape index (κ3) is 6.62. The Morgan fingerprint density at radius 2 is 1.88 bits per heavy atom. The van der Waals surface area contributed by atoms with Crippen molar-refractivity contribution >= 4 is 23.5 Å². The normalized spacial score (nSPS) is 9.75. The van der Waals surface area contributed by atoms with E-state index < -0.39 is 0 Å². The summed E-state index contributed by atoms with van der Waals surface area (Å²) in [4.78, 5) is 0. The molecule has 0 fully saturated rings. The van der Waals surface area contributed by atoms with E-state index in [2.05, 4.69) is 0 Å². The van der Waals surface area contributed by atoms with Gasteiger partial charge in [-0.3, -0.25) is 0 Å². The minimum atomic E-state index is 0.179. The van der Waals surface area contributed by atoms with Crippen molar-refractivity contribution in [1.82, 2.24) is 0 Å². The van der Waals surface area contributed by atoms with Crippen molar-refractivity contribution in [1.29, 1.82) is 0 Å². The Hall–Kier alpha value is 0.620. The maximum absolute atomic E-state index is 8.27. The summed E-state index contributed by atoms with van der Waals surface area (Å²) in [5.41, 5.74) is 0. The molecule has 0 unspecified atom stereocenters. The van der Waals surface area contributed by atoms with Crippen LogP contribution in [0.2, 0.25) is 0 Å². The van der Waals surface area contributed by atoms with Gasteiger partial charge in [0.25, 0.3) is 0 Å². The fourth-order valence-corrected chi connectivity index (χ4v) is 1.59. The molecule has 8 heavy (non-hydrogen) atoms. The largest absolute Gasteiger partial charge is 0.396 e. The summed E-state index contributed by atoms with van der Waals surface area (Å²) in [5, 5.41) is 17.4. The first-order valence-electron chi connectivity index (χ1n) is 2.29. The van der Waals surface area contributed by atoms with Gasteiger partial charge in [-0.25, -0.2) is 0 Å². The van der Waals surface area contributed by atoms with Crippen molar-refractivity contribution in [3.63, 3.8) is 0 Å². The fourth-order valence-electron chi connectivity index (χ4n) is 0.220. The van der Waals surface area contributed by atoms with E-state index in [-0.39, 0.29) is 12.5 Å². The van der Waals surface area contributed by atoms with E-state index in [0.29, 0.717) is 0 Å². The van der Waals surface area contributed by atoms with Crippen molar-refractivity contribution in [2.24, 2.45) is 0 Å². The lowest BCUT2D eigenvalue weighted by Crippen LogP contribution is -1.86. The summed E-state index contributed by atoms with van der Waals surface area (Å²) >= 11 is 3.09. The lowest BCUT2D eigenvalue weighted by atomic mass is 10.9. The molecule has 0 spiro atoms. The van der Waals surface area contributed by atoms with Crippen LogP contribution in [0, 0.1) is 0 Å². The summed E-state index contributed by atoms with van der Waals surface area (Å²) in [6.07, 6.45) is 0. The summed E-state index contributed by atoms with van der Waals surface area (Å²) in [5.74, 6) is 0.950. The lowest BCUT2D eigenvalue weighted by Gasteiger charge is -1.93. The van der Waals surface area contributed by atoms with Crippen LogP contribution >= 0.6 is 23.5 Å². The molecular weight excluding hydrogens is 144 g/mol. The molecule has 0 aliphatic carbocycles. The Labute approximate surface area is 57.7 Å². The highest BCUT2D eigenvalue weighted by molar-refractivity contribution is 8.15. The van der Waals surface area contributed by atoms with Gasteiger partial charge in [0.2, 0.25) is 0 Å². The zero-order chi connectivity index (χ0) is 6.24. The van der Waals surface area contributed by atoms with E-state index in [1.165, 1.54) is 11.8 Å². The van der Waals surface area contributed by atoms with E-state index in [4.69, 9.17) is 10.2 Å². The first-order chi connectivity index (χ1) is 3.91. The predicted octanol–water partition coefficient (Wildman–Crippen LogP) is 0.352.